The van der Waals surface area contributed by atoms with E-state index in [0.717, 1.165) is 0 Å². The zero-order valence-corrected chi connectivity index (χ0v) is 17.4. The summed E-state index contributed by atoms with van der Waals surface area (Å²) in [7, 11) is -1.86. The highest BCUT2D eigenvalue weighted by atomic mass is 32.2. The van der Waals surface area contributed by atoms with Crippen molar-refractivity contribution in [3.8, 4) is 0 Å². The zero-order chi connectivity index (χ0) is 17.6. The van der Waals surface area contributed by atoms with Crippen LogP contribution in [0.5, 0.6) is 0 Å². The van der Waals surface area contributed by atoms with Gasteiger partial charge in [0.1, 0.15) is 29.9 Å². The molecule has 136 valence electrons. The molecule has 0 bridgehead atoms. The molecule has 0 amide bonds. The van der Waals surface area contributed by atoms with Crippen molar-refractivity contribution in [2.45, 2.75) is 88.4 Å². The molecule has 0 saturated carbocycles. The average molecular weight is 365 g/mol. The van der Waals surface area contributed by atoms with E-state index in [-0.39, 0.29) is 28.8 Å². The van der Waals surface area contributed by atoms with E-state index < -0.39 is 20.2 Å². The molecule has 2 aliphatic heterocycles. The minimum atomic E-state index is -1.86. The predicted octanol–water partition coefficient (Wildman–Crippen LogP) is 2.98. The molecule has 5 atom stereocenters. The Morgan fingerprint density at radius 1 is 1.17 bits per heavy atom. The minimum Gasteiger partial charge on any atom is -0.414 e. The maximum atomic E-state index is 10.5. The number of aliphatic hydroxyl groups excluding tert-OH is 1. The van der Waals surface area contributed by atoms with E-state index in [1.54, 1.807) is 0 Å². The third-order valence-electron chi connectivity index (χ3n) is 5.10. The van der Waals surface area contributed by atoms with Crippen molar-refractivity contribution in [3.63, 3.8) is 0 Å². The van der Waals surface area contributed by atoms with E-state index in [1.807, 2.05) is 20.1 Å². The van der Waals surface area contributed by atoms with Crippen LogP contribution in [0.25, 0.3) is 0 Å². The highest BCUT2D eigenvalue weighted by Crippen LogP contribution is 2.41. The molecular formula is C16H32O5SSi. The fourth-order valence-electron chi connectivity index (χ4n) is 2.69. The van der Waals surface area contributed by atoms with E-state index in [2.05, 4.69) is 33.9 Å². The van der Waals surface area contributed by atoms with Gasteiger partial charge in [-0.2, -0.15) is 0 Å². The van der Waals surface area contributed by atoms with Gasteiger partial charge in [-0.1, -0.05) is 20.8 Å². The highest BCUT2D eigenvalue weighted by molar-refractivity contribution is 7.99. The molecule has 2 aliphatic rings. The predicted molar refractivity (Wildman–Crippen MR) is 95.2 cm³/mol. The fourth-order valence-corrected chi connectivity index (χ4v) is 4.39. The summed E-state index contributed by atoms with van der Waals surface area (Å²) in [4.78, 5) is 0. The van der Waals surface area contributed by atoms with Crippen LogP contribution in [0.3, 0.4) is 0 Å². The van der Waals surface area contributed by atoms with Crippen LogP contribution >= 0.6 is 11.8 Å². The summed E-state index contributed by atoms with van der Waals surface area (Å²) in [5.41, 5.74) is -0.318. The van der Waals surface area contributed by atoms with Gasteiger partial charge in [-0.25, -0.2) is 0 Å². The third kappa shape index (κ3) is 4.14. The fraction of sp³-hybridized carbons (Fsp3) is 1.00. The first kappa shape index (κ1) is 19.7. The molecule has 0 spiro atoms. The number of ether oxygens (including phenoxy) is 3. The molecule has 0 aliphatic carbocycles. The van der Waals surface area contributed by atoms with Crippen molar-refractivity contribution in [3.05, 3.63) is 0 Å². The second-order valence-electron chi connectivity index (χ2n) is 8.41. The van der Waals surface area contributed by atoms with Gasteiger partial charge in [-0.05, 0) is 38.2 Å². The summed E-state index contributed by atoms with van der Waals surface area (Å²) in [6, 6.07) is 0. The Bertz CT molecular complexity index is 423. The number of hydrogen-bond acceptors (Lipinski definition) is 6. The zero-order valence-electron chi connectivity index (χ0n) is 15.6. The molecule has 2 fully saturated rings. The number of thioether (sulfide) groups is 1. The van der Waals surface area contributed by atoms with Crippen LogP contribution in [0.4, 0.5) is 0 Å². The Labute approximate surface area is 145 Å². The Morgan fingerprint density at radius 3 is 2.26 bits per heavy atom. The van der Waals surface area contributed by atoms with Crippen molar-refractivity contribution in [2.75, 3.05) is 12.9 Å². The summed E-state index contributed by atoms with van der Waals surface area (Å²) in [6.07, 6.45) is 0.344. The number of rotatable bonds is 4. The van der Waals surface area contributed by atoms with Gasteiger partial charge in [-0.15, -0.1) is 11.8 Å². The van der Waals surface area contributed by atoms with Crippen LogP contribution in [0.2, 0.25) is 18.1 Å². The quantitative estimate of drug-likeness (QED) is 0.774. The van der Waals surface area contributed by atoms with Crippen molar-refractivity contribution in [2.24, 2.45) is 0 Å². The van der Waals surface area contributed by atoms with Gasteiger partial charge in [-0.3, -0.25) is 0 Å². The Hall–Kier alpha value is 0.367. The SMILES string of the molecule is CS[C@@H]1OC(CO[Si](C)(C)C(C)(C)C)[C@@H]2OC(C)(C)O[C@@H]2C1O. The molecule has 0 aromatic rings. The maximum absolute atomic E-state index is 10.5. The van der Waals surface area contributed by atoms with Gasteiger partial charge >= 0.3 is 0 Å². The monoisotopic (exact) mass is 364 g/mol. The van der Waals surface area contributed by atoms with E-state index in [0.29, 0.717) is 6.61 Å². The molecule has 2 heterocycles. The number of fused-ring (bicyclic) bond motifs is 1. The lowest BCUT2D eigenvalue weighted by molar-refractivity contribution is -0.166. The maximum Gasteiger partial charge on any atom is 0.192 e. The first-order chi connectivity index (χ1) is 10.4. The molecule has 2 unspecified atom stereocenters. The Balaban J connectivity index is 2.11. The number of aliphatic hydroxyl groups is 1. The molecular weight excluding hydrogens is 332 g/mol. The first-order valence-electron chi connectivity index (χ1n) is 8.24. The van der Waals surface area contributed by atoms with Gasteiger partial charge in [0, 0.05) is 0 Å². The molecule has 5 nitrogen and oxygen atoms in total. The van der Waals surface area contributed by atoms with Crippen LogP contribution in [0.15, 0.2) is 0 Å². The molecule has 0 radical (unpaired) electrons. The lowest BCUT2D eigenvalue weighted by Gasteiger charge is -2.42. The average Bonchev–Trinajstić information content (AvgIpc) is 2.73. The molecule has 1 N–H and O–H groups in total. The second kappa shape index (κ2) is 6.59. The molecule has 0 aromatic carbocycles. The van der Waals surface area contributed by atoms with Crippen LogP contribution in [-0.4, -0.2) is 61.9 Å². The van der Waals surface area contributed by atoms with Crippen molar-refractivity contribution in [1.82, 2.24) is 0 Å². The van der Waals surface area contributed by atoms with Crippen molar-refractivity contribution >= 4 is 20.1 Å². The standard InChI is InChI=1S/C16H32O5SSi/c1-15(2,3)23(7,8)18-9-10-12-13(21-16(4,5)20-12)11(17)14(19-10)22-6/h10-14,17H,9H2,1-8H3/t10?,11?,12-,13+,14-/m0/s1. The Morgan fingerprint density at radius 2 is 1.74 bits per heavy atom. The van der Waals surface area contributed by atoms with Crippen LogP contribution < -0.4 is 0 Å². The van der Waals surface area contributed by atoms with E-state index in [1.165, 1.54) is 11.8 Å². The van der Waals surface area contributed by atoms with Crippen LogP contribution in [0.1, 0.15) is 34.6 Å². The Kier molecular flexibility index (Phi) is 5.64. The smallest absolute Gasteiger partial charge is 0.192 e. The van der Waals surface area contributed by atoms with Crippen LogP contribution in [-0.2, 0) is 18.6 Å². The molecule has 2 saturated heterocycles. The van der Waals surface area contributed by atoms with Gasteiger partial charge in [0.25, 0.3) is 0 Å². The van der Waals surface area contributed by atoms with E-state index in [9.17, 15) is 5.11 Å². The van der Waals surface area contributed by atoms with E-state index >= 15 is 0 Å². The lowest BCUT2D eigenvalue weighted by Crippen LogP contribution is -2.57. The van der Waals surface area contributed by atoms with Gasteiger partial charge in [0.2, 0.25) is 0 Å². The molecule has 7 heteroatoms. The molecule has 23 heavy (non-hydrogen) atoms. The second-order valence-corrected chi connectivity index (χ2v) is 14.2. The minimum absolute atomic E-state index is 0.145. The van der Waals surface area contributed by atoms with Gasteiger partial charge in [0.05, 0.1) is 6.61 Å². The first-order valence-corrected chi connectivity index (χ1v) is 12.4. The highest BCUT2D eigenvalue weighted by Gasteiger charge is 2.55. The summed E-state index contributed by atoms with van der Waals surface area (Å²) in [6.45, 7) is 15.3. The third-order valence-corrected chi connectivity index (χ3v) is 10.5. The normalized spacial score (nSPS) is 37.7. The molecule has 0 aromatic heterocycles. The van der Waals surface area contributed by atoms with Crippen molar-refractivity contribution < 1.29 is 23.7 Å². The van der Waals surface area contributed by atoms with E-state index in [4.69, 9.17) is 18.6 Å². The van der Waals surface area contributed by atoms with Gasteiger partial charge in [0.15, 0.2) is 14.1 Å². The largest absolute Gasteiger partial charge is 0.414 e. The summed E-state index contributed by atoms with van der Waals surface area (Å²) in [5, 5.41) is 10.6. The van der Waals surface area contributed by atoms with Gasteiger partial charge < -0.3 is 23.7 Å². The molecule has 2 rings (SSSR count). The summed E-state index contributed by atoms with van der Waals surface area (Å²) < 4.78 is 24.3. The lowest BCUT2D eigenvalue weighted by atomic mass is 10.0. The van der Waals surface area contributed by atoms with Crippen LogP contribution in [0, 0.1) is 0 Å². The van der Waals surface area contributed by atoms with Crippen molar-refractivity contribution in [1.29, 1.82) is 0 Å². The summed E-state index contributed by atoms with van der Waals surface area (Å²) >= 11 is 1.49. The summed E-state index contributed by atoms with van der Waals surface area (Å²) in [5.74, 6) is -0.706. The topological polar surface area (TPSA) is 57.2 Å². The number of hydrogen-bond donors (Lipinski definition) is 1.